The first-order valence-electron chi connectivity index (χ1n) is 9.75. The highest BCUT2D eigenvalue weighted by atomic mass is 16.5. The van der Waals surface area contributed by atoms with E-state index in [0.29, 0.717) is 23.4 Å². The van der Waals surface area contributed by atoms with Crippen LogP contribution in [0.2, 0.25) is 0 Å². The second kappa shape index (κ2) is 7.72. The Hall–Kier alpha value is -3.12. The van der Waals surface area contributed by atoms with Crippen molar-refractivity contribution in [1.29, 1.82) is 0 Å². The number of carbonyl (C=O) groups is 2. The molecule has 0 bridgehead atoms. The predicted octanol–water partition coefficient (Wildman–Crippen LogP) is 3.24. The van der Waals surface area contributed by atoms with Gasteiger partial charge in [0.25, 0.3) is 5.91 Å². The number of carboxylic acid groups (broad SMARTS) is 1. The highest BCUT2D eigenvalue weighted by molar-refractivity contribution is 5.99. The zero-order valence-corrected chi connectivity index (χ0v) is 16.4. The number of fused-ring (bicyclic) bond motifs is 1. The lowest BCUT2D eigenvalue weighted by atomic mass is 9.93. The fourth-order valence-electron chi connectivity index (χ4n) is 3.99. The molecule has 6 heteroatoms. The number of hydrogen-bond donors (Lipinski definition) is 1. The molecule has 1 fully saturated rings. The monoisotopic (exact) mass is 392 g/mol. The minimum absolute atomic E-state index is 0.0785. The van der Waals surface area contributed by atoms with E-state index in [1.165, 1.54) is 6.08 Å². The number of rotatable bonds is 4. The van der Waals surface area contributed by atoms with Crippen LogP contribution in [0.1, 0.15) is 34.3 Å². The van der Waals surface area contributed by atoms with Gasteiger partial charge in [0.1, 0.15) is 5.75 Å². The quantitative estimate of drug-likeness (QED) is 0.809. The molecule has 0 aromatic heterocycles. The molecule has 1 amide bonds. The summed E-state index contributed by atoms with van der Waals surface area (Å²) in [5, 5.41) is 8.87. The van der Waals surface area contributed by atoms with Crippen molar-refractivity contribution in [2.75, 3.05) is 20.1 Å². The molecule has 6 nitrogen and oxygen atoms in total. The van der Waals surface area contributed by atoms with Gasteiger partial charge in [-0.25, -0.2) is 4.79 Å². The van der Waals surface area contributed by atoms with Crippen LogP contribution in [0.4, 0.5) is 0 Å². The van der Waals surface area contributed by atoms with Crippen molar-refractivity contribution in [3.8, 4) is 5.75 Å². The van der Waals surface area contributed by atoms with Gasteiger partial charge in [0.05, 0.1) is 5.56 Å². The summed E-state index contributed by atoms with van der Waals surface area (Å²) >= 11 is 0. The number of nitrogens with zero attached hydrogens (tertiary/aromatic N) is 2. The number of carbonyl (C=O) groups excluding carboxylic acids is 1. The van der Waals surface area contributed by atoms with Crippen molar-refractivity contribution < 1.29 is 19.4 Å². The van der Waals surface area contributed by atoms with Gasteiger partial charge in [-0.2, -0.15) is 0 Å². The number of amides is 1. The number of hydrogen-bond acceptors (Lipinski definition) is 4. The van der Waals surface area contributed by atoms with Crippen molar-refractivity contribution in [2.45, 2.75) is 25.1 Å². The summed E-state index contributed by atoms with van der Waals surface area (Å²) in [6.07, 6.45) is 4.03. The van der Waals surface area contributed by atoms with Gasteiger partial charge in [0.15, 0.2) is 5.72 Å². The lowest BCUT2D eigenvalue weighted by molar-refractivity contribution is -0.131. The molecule has 2 aromatic carbocycles. The number of piperidine rings is 1. The van der Waals surface area contributed by atoms with Gasteiger partial charge in [-0.1, -0.05) is 36.4 Å². The largest absolute Gasteiger partial charge is 0.478 e. The van der Waals surface area contributed by atoms with Crippen LogP contribution in [0.5, 0.6) is 5.75 Å². The molecule has 0 unspecified atom stereocenters. The number of benzene rings is 2. The molecular formula is C23H24N2O4. The van der Waals surface area contributed by atoms with Gasteiger partial charge >= 0.3 is 5.97 Å². The second-order valence-electron chi connectivity index (χ2n) is 7.66. The summed E-state index contributed by atoms with van der Waals surface area (Å²) in [7, 11) is 2.08. The molecule has 0 radical (unpaired) electrons. The molecule has 1 spiro atoms. The number of ether oxygens (including phenoxy) is 1. The molecule has 0 aliphatic carbocycles. The molecular weight excluding hydrogens is 368 g/mol. The van der Waals surface area contributed by atoms with Crippen molar-refractivity contribution >= 4 is 18.0 Å². The number of aliphatic carboxylic acids is 1. The van der Waals surface area contributed by atoms with Crippen LogP contribution in [0.3, 0.4) is 0 Å². The highest BCUT2D eigenvalue weighted by Gasteiger charge is 2.48. The summed E-state index contributed by atoms with van der Waals surface area (Å²) in [6, 6.07) is 15.2. The van der Waals surface area contributed by atoms with E-state index in [2.05, 4.69) is 11.9 Å². The molecule has 29 heavy (non-hydrogen) atoms. The zero-order chi connectivity index (χ0) is 20.4. The zero-order valence-electron chi connectivity index (χ0n) is 16.4. The number of likely N-dealkylation sites (tertiary alicyclic amines) is 1. The normalized spacial score (nSPS) is 18.7. The molecule has 1 saturated heterocycles. The van der Waals surface area contributed by atoms with Crippen molar-refractivity contribution in [1.82, 2.24) is 9.80 Å². The van der Waals surface area contributed by atoms with E-state index in [4.69, 9.17) is 9.84 Å². The first kappa shape index (κ1) is 19.2. The molecule has 0 saturated carbocycles. The van der Waals surface area contributed by atoms with Crippen LogP contribution in [-0.4, -0.2) is 52.6 Å². The number of carboxylic acids is 1. The van der Waals surface area contributed by atoms with Crippen LogP contribution in [0.25, 0.3) is 6.08 Å². The van der Waals surface area contributed by atoms with Gasteiger partial charge in [-0.3, -0.25) is 9.69 Å². The summed E-state index contributed by atoms with van der Waals surface area (Å²) in [4.78, 5) is 28.5. The Balaban J connectivity index is 1.72. The van der Waals surface area contributed by atoms with Gasteiger partial charge in [0.2, 0.25) is 0 Å². The first-order valence-corrected chi connectivity index (χ1v) is 9.75. The van der Waals surface area contributed by atoms with E-state index < -0.39 is 11.7 Å². The summed E-state index contributed by atoms with van der Waals surface area (Å²) in [5.41, 5.74) is 1.51. The van der Waals surface area contributed by atoms with Crippen LogP contribution in [0.15, 0.2) is 54.6 Å². The minimum atomic E-state index is -1.03. The maximum absolute atomic E-state index is 13.6. The minimum Gasteiger partial charge on any atom is -0.478 e. The third-order valence-electron chi connectivity index (χ3n) is 5.64. The van der Waals surface area contributed by atoms with E-state index >= 15 is 0 Å². The first-order chi connectivity index (χ1) is 14.0. The molecule has 2 aromatic rings. The van der Waals surface area contributed by atoms with Crippen molar-refractivity contribution in [2.24, 2.45) is 0 Å². The average molecular weight is 392 g/mol. The Morgan fingerprint density at radius 3 is 2.59 bits per heavy atom. The molecule has 2 aliphatic heterocycles. The maximum Gasteiger partial charge on any atom is 0.328 e. The summed E-state index contributed by atoms with van der Waals surface area (Å²) in [6.45, 7) is 2.18. The van der Waals surface area contributed by atoms with Gasteiger partial charge < -0.3 is 14.7 Å². The van der Waals surface area contributed by atoms with Crippen LogP contribution >= 0.6 is 0 Å². The topological polar surface area (TPSA) is 70.1 Å². The van der Waals surface area contributed by atoms with Gasteiger partial charge in [-0.05, 0) is 36.4 Å². The lowest BCUT2D eigenvalue weighted by Gasteiger charge is -2.50. The molecule has 2 aliphatic rings. The standard InChI is InChI=1S/C23H24N2O4/c1-24-13-11-23(12-14-24)25(16-18-5-3-2-4-6-18)22(28)19-15-17(8-10-21(26)27)7-9-20(19)29-23/h2-10,15H,11-14,16H2,1H3,(H,26,27)/b10-8+. The molecule has 0 atom stereocenters. The molecule has 4 rings (SSSR count). The fraction of sp³-hybridized carbons (Fsp3) is 0.304. The average Bonchev–Trinajstić information content (AvgIpc) is 2.73. The second-order valence-corrected chi connectivity index (χ2v) is 7.66. The van der Waals surface area contributed by atoms with E-state index in [0.717, 1.165) is 37.6 Å². The predicted molar refractivity (Wildman–Crippen MR) is 110 cm³/mol. The Bertz CT molecular complexity index is 947. The lowest BCUT2D eigenvalue weighted by Crippen LogP contribution is -2.62. The van der Waals surface area contributed by atoms with Gasteiger partial charge in [-0.15, -0.1) is 0 Å². The van der Waals surface area contributed by atoms with E-state index in [1.54, 1.807) is 18.2 Å². The third-order valence-corrected chi connectivity index (χ3v) is 5.64. The van der Waals surface area contributed by atoms with Gasteiger partial charge in [0, 0.05) is 38.6 Å². The van der Waals surface area contributed by atoms with E-state index in [1.807, 2.05) is 35.2 Å². The Labute approximate surface area is 170 Å². The summed E-state index contributed by atoms with van der Waals surface area (Å²) < 4.78 is 6.48. The Kier molecular flexibility index (Phi) is 5.11. The van der Waals surface area contributed by atoms with Crippen LogP contribution in [0, 0.1) is 0 Å². The SMILES string of the molecule is CN1CCC2(CC1)Oc1ccc(/C=C/C(=O)O)cc1C(=O)N2Cc1ccccc1. The van der Waals surface area contributed by atoms with Crippen molar-refractivity contribution in [3.63, 3.8) is 0 Å². The Morgan fingerprint density at radius 2 is 1.90 bits per heavy atom. The smallest absolute Gasteiger partial charge is 0.328 e. The molecule has 2 heterocycles. The van der Waals surface area contributed by atoms with E-state index in [-0.39, 0.29) is 5.91 Å². The van der Waals surface area contributed by atoms with Crippen LogP contribution in [-0.2, 0) is 11.3 Å². The molecule has 150 valence electrons. The maximum atomic E-state index is 13.6. The Morgan fingerprint density at radius 1 is 1.17 bits per heavy atom. The third kappa shape index (κ3) is 3.89. The van der Waals surface area contributed by atoms with E-state index in [9.17, 15) is 9.59 Å². The van der Waals surface area contributed by atoms with Crippen LogP contribution < -0.4 is 4.74 Å². The fourth-order valence-corrected chi connectivity index (χ4v) is 3.99. The highest BCUT2D eigenvalue weighted by Crippen LogP contribution is 2.40. The molecule has 1 N–H and O–H groups in total. The summed E-state index contributed by atoms with van der Waals surface area (Å²) in [5.74, 6) is -0.539. The van der Waals surface area contributed by atoms with Crippen molar-refractivity contribution in [3.05, 3.63) is 71.3 Å².